The van der Waals surface area contributed by atoms with Crippen LogP contribution in [0.3, 0.4) is 0 Å². The third-order valence-corrected chi connectivity index (χ3v) is 4.42. The minimum absolute atomic E-state index is 0.180. The molecule has 2 aromatic rings. The van der Waals surface area contributed by atoms with Crippen molar-refractivity contribution in [2.45, 2.75) is 25.8 Å². The minimum atomic E-state index is -0.184. The summed E-state index contributed by atoms with van der Waals surface area (Å²) < 4.78 is 0. The molecule has 1 aliphatic carbocycles. The number of imide groups is 1. The van der Waals surface area contributed by atoms with Crippen molar-refractivity contribution in [3.63, 3.8) is 0 Å². The SMILES string of the molecule is Cc1ccnc2c1C(N1C(=O)c3ccccc3C1=O)CC2. The van der Waals surface area contributed by atoms with E-state index in [1.807, 2.05) is 13.0 Å². The molecule has 2 amide bonds. The number of hydrogen-bond acceptors (Lipinski definition) is 3. The van der Waals surface area contributed by atoms with Gasteiger partial charge in [-0.3, -0.25) is 19.5 Å². The molecule has 1 aromatic carbocycles. The Morgan fingerprint density at radius 1 is 1.10 bits per heavy atom. The largest absolute Gasteiger partial charge is 0.269 e. The van der Waals surface area contributed by atoms with Gasteiger partial charge in [-0.15, -0.1) is 0 Å². The highest BCUT2D eigenvalue weighted by atomic mass is 16.2. The van der Waals surface area contributed by atoms with Crippen LogP contribution in [0.2, 0.25) is 0 Å². The summed E-state index contributed by atoms with van der Waals surface area (Å²) in [6.07, 6.45) is 3.37. The average molecular weight is 278 g/mol. The lowest BCUT2D eigenvalue weighted by atomic mass is 10.0. The molecule has 1 unspecified atom stereocenters. The lowest BCUT2D eigenvalue weighted by molar-refractivity contribution is 0.0582. The van der Waals surface area contributed by atoms with Gasteiger partial charge in [-0.25, -0.2) is 0 Å². The van der Waals surface area contributed by atoms with Gasteiger partial charge in [0.1, 0.15) is 0 Å². The van der Waals surface area contributed by atoms with Crippen molar-refractivity contribution in [2.24, 2.45) is 0 Å². The van der Waals surface area contributed by atoms with Crippen molar-refractivity contribution < 1.29 is 9.59 Å². The van der Waals surface area contributed by atoms with Crippen LogP contribution in [0.25, 0.3) is 0 Å². The first-order valence-electron chi connectivity index (χ1n) is 7.10. The molecule has 0 saturated carbocycles. The number of hydrogen-bond donors (Lipinski definition) is 0. The Labute approximate surface area is 122 Å². The molecule has 104 valence electrons. The zero-order valence-corrected chi connectivity index (χ0v) is 11.7. The summed E-state index contributed by atoms with van der Waals surface area (Å²) in [6.45, 7) is 2.01. The molecule has 4 heteroatoms. The first kappa shape index (κ1) is 12.3. The third kappa shape index (κ3) is 1.59. The summed E-state index contributed by atoms with van der Waals surface area (Å²) in [5.41, 5.74) is 4.18. The summed E-state index contributed by atoms with van der Waals surface area (Å²) >= 11 is 0. The molecule has 1 aliphatic heterocycles. The van der Waals surface area contributed by atoms with Gasteiger partial charge in [-0.05, 0) is 49.1 Å². The maximum Gasteiger partial charge on any atom is 0.262 e. The van der Waals surface area contributed by atoms with Crippen LogP contribution in [0.15, 0.2) is 36.5 Å². The molecule has 0 N–H and O–H groups in total. The molecule has 21 heavy (non-hydrogen) atoms. The summed E-state index contributed by atoms with van der Waals surface area (Å²) in [6, 6.07) is 8.80. The highest BCUT2D eigenvalue weighted by Crippen LogP contribution is 2.40. The van der Waals surface area contributed by atoms with Gasteiger partial charge in [0.2, 0.25) is 0 Å². The van der Waals surface area contributed by atoms with Crippen LogP contribution in [0.4, 0.5) is 0 Å². The van der Waals surface area contributed by atoms with E-state index in [-0.39, 0.29) is 17.9 Å². The number of pyridine rings is 1. The van der Waals surface area contributed by atoms with Crippen molar-refractivity contribution in [1.82, 2.24) is 9.88 Å². The monoisotopic (exact) mass is 278 g/mol. The second-order valence-corrected chi connectivity index (χ2v) is 5.57. The predicted molar refractivity (Wildman–Crippen MR) is 77.0 cm³/mol. The Hall–Kier alpha value is -2.49. The Morgan fingerprint density at radius 2 is 1.76 bits per heavy atom. The van der Waals surface area contributed by atoms with E-state index in [2.05, 4.69) is 4.98 Å². The molecule has 4 nitrogen and oxygen atoms in total. The van der Waals surface area contributed by atoms with Gasteiger partial charge < -0.3 is 0 Å². The normalized spacial score (nSPS) is 19.9. The van der Waals surface area contributed by atoms with E-state index in [0.29, 0.717) is 11.1 Å². The Kier molecular flexibility index (Phi) is 2.48. The van der Waals surface area contributed by atoms with Crippen LogP contribution >= 0.6 is 0 Å². The van der Waals surface area contributed by atoms with E-state index in [1.165, 1.54) is 4.90 Å². The molecule has 4 rings (SSSR count). The van der Waals surface area contributed by atoms with E-state index in [4.69, 9.17) is 0 Å². The summed E-state index contributed by atoms with van der Waals surface area (Å²) in [5.74, 6) is -0.367. The molecule has 0 saturated heterocycles. The molecule has 0 fully saturated rings. The number of benzene rings is 1. The van der Waals surface area contributed by atoms with Gasteiger partial charge in [0.25, 0.3) is 11.8 Å². The maximum absolute atomic E-state index is 12.6. The standard InChI is InChI=1S/C17H14N2O2/c1-10-8-9-18-13-6-7-14(15(10)13)19-16(20)11-4-2-3-5-12(11)17(19)21/h2-5,8-9,14H,6-7H2,1H3. The smallest absolute Gasteiger partial charge is 0.262 e. The molecule has 2 aliphatic rings. The molecule has 2 heterocycles. The molecule has 0 radical (unpaired) electrons. The molecule has 0 bridgehead atoms. The lowest BCUT2D eigenvalue weighted by Crippen LogP contribution is -2.33. The van der Waals surface area contributed by atoms with E-state index < -0.39 is 0 Å². The number of amides is 2. The second kappa shape index (κ2) is 4.25. The van der Waals surface area contributed by atoms with Gasteiger partial charge in [-0.2, -0.15) is 0 Å². The van der Waals surface area contributed by atoms with Gasteiger partial charge in [0.15, 0.2) is 0 Å². The van der Waals surface area contributed by atoms with Crippen molar-refractivity contribution in [1.29, 1.82) is 0 Å². The Bertz CT molecular complexity index is 747. The van der Waals surface area contributed by atoms with Crippen molar-refractivity contribution in [3.05, 3.63) is 64.5 Å². The Balaban J connectivity index is 1.82. The summed E-state index contributed by atoms with van der Waals surface area (Å²) in [7, 11) is 0. The lowest BCUT2D eigenvalue weighted by Gasteiger charge is -2.23. The zero-order valence-electron chi connectivity index (χ0n) is 11.7. The predicted octanol–water partition coefficient (Wildman–Crippen LogP) is 2.67. The highest BCUT2D eigenvalue weighted by molar-refractivity contribution is 6.21. The average Bonchev–Trinajstić information content (AvgIpc) is 3.01. The zero-order chi connectivity index (χ0) is 14.6. The van der Waals surface area contributed by atoms with E-state index in [0.717, 1.165) is 29.7 Å². The topological polar surface area (TPSA) is 50.3 Å². The van der Waals surface area contributed by atoms with Crippen LogP contribution in [0.5, 0.6) is 0 Å². The van der Waals surface area contributed by atoms with Crippen molar-refractivity contribution in [3.8, 4) is 0 Å². The van der Waals surface area contributed by atoms with E-state index in [1.54, 1.807) is 30.5 Å². The Morgan fingerprint density at radius 3 is 2.43 bits per heavy atom. The number of aromatic nitrogens is 1. The quantitative estimate of drug-likeness (QED) is 0.754. The maximum atomic E-state index is 12.6. The number of nitrogens with zero attached hydrogens (tertiary/aromatic N) is 2. The first-order chi connectivity index (χ1) is 10.2. The summed E-state index contributed by atoms with van der Waals surface area (Å²) in [5, 5.41) is 0. The fourth-order valence-corrected chi connectivity index (χ4v) is 3.45. The number of rotatable bonds is 1. The molecule has 0 spiro atoms. The molecular weight excluding hydrogens is 264 g/mol. The second-order valence-electron chi connectivity index (χ2n) is 5.57. The van der Waals surface area contributed by atoms with Gasteiger partial charge >= 0.3 is 0 Å². The fourth-order valence-electron chi connectivity index (χ4n) is 3.45. The first-order valence-corrected chi connectivity index (χ1v) is 7.10. The fraction of sp³-hybridized carbons (Fsp3) is 0.235. The van der Waals surface area contributed by atoms with E-state index in [9.17, 15) is 9.59 Å². The van der Waals surface area contributed by atoms with Gasteiger partial charge in [0, 0.05) is 11.9 Å². The molecule has 1 aromatic heterocycles. The highest BCUT2D eigenvalue weighted by Gasteiger charge is 2.43. The van der Waals surface area contributed by atoms with Crippen LogP contribution < -0.4 is 0 Å². The van der Waals surface area contributed by atoms with E-state index >= 15 is 0 Å². The van der Waals surface area contributed by atoms with Gasteiger partial charge in [0.05, 0.1) is 17.2 Å². The molecular formula is C17H14N2O2. The minimum Gasteiger partial charge on any atom is -0.269 e. The van der Waals surface area contributed by atoms with Crippen LogP contribution in [-0.2, 0) is 6.42 Å². The molecule has 1 atom stereocenters. The van der Waals surface area contributed by atoms with Crippen LogP contribution in [-0.4, -0.2) is 21.7 Å². The summed E-state index contributed by atoms with van der Waals surface area (Å²) in [4.78, 5) is 31.0. The van der Waals surface area contributed by atoms with Crippen molar-refractivity contribution in [2.75, 3.05) is 0 Å². The van der Waals surface area contributed by atoms with Crippen molar-refractivity contribution >= 4 is 11.8 Å². The number of aryl methyl sites for hydroxylation is 2. The van der Waals surface area contributed by atoms with Crippen LogP contribution in [0, 0.1) is 6.92 Å². The third-order valence-electron chi connectivity index (χ3n) is 4.42. The van der Waals surface area contributed by atoms with Gasteiger partial charge in [-0.1, -0.05) is 12.1 Å². The van der Waals surface area contributed by atoms with Crippen LogP contribution in [0.1, 0.15) is 50.0 Å². The number of carbonyl (C=O) groups is 2. The number of carbonyl (C=O) groups excluding carboxylic acids is 2. The number of fused-ring (bicyclic) bond motifs is 2.